The summed E-state index contributed by atoms with van der Waals surface area (Å²) in [5.74, 6) is 1.17. The molecule has 66 valence electrons. The van der Waals surface area contributed by atoms with Crippen LogP contribution in [0, 0.1) is 13.8 Å². The number of nitrogens with one attached hydrogen (secondary N) is 2. The summed E-state index contributed by atoms with van der Waals surface area (Å²) in [6.45, 7) is 3.62. The number of anilines is 1. The first-order chi connectivity index (χ1) is 5.65. The standard InChI is InChI=1S/C7H11N3O2/c1-4-5(2)12-10-6(4)9-7(11)8-3/h1-3H3,(H2,8,9,10,11). The maximum Gasteiger partial charge on any atom is 0.320 e. The fraction of sp³-hybridized carbons (Fsp3) is 0.429. The number of carbonyl (C=O) groups excluding carboxylic acids is 1. The van der Waals surface area contributed by atoms with Gasteiger partial charge in [-0.3, -0.25) is 5.32 Å². The first-order valence-corrected chi connectivity index (χ1v) is 3.56. The molecule has 0 saturated carbocycles. The van der Waals surface area contributed by atoms with E-state index in [1.807, 2.05) is 6.92 Å². The van der Waals surface area contributed by atoms with E-state index in [2.05, 4.69) is 15.8 Å². The van der Waals surface area contributed by atoms with Gasteiger partial charge in [0.15, 0.2) is 5.82 Å². The number of aryl methyl sites for hydroxylation is 1. The zero-order chi connectivity index (χ0) is 9.14. The Hall–Kier alpha value is -1.52. The van der Waals surface area contributed by atoms with Crippen LogP contribution in [0.15, 0.2) is 4.52 Å². The fourth-order valence-electron chi connectivity index (χ4n) is 0.704. The number of rotatable bonds is 1. The second-order valence-electron chi connectivity index (χ2n) is 2.42. The van der Waals surface area contributed by atoms with E-state index < -0.39 is 0 Å². The molecule has 0 aromatic carbocycles. The van der Waals surface area contributed by atoms with Crippen LogP contribution < -0.4 is 10.6 Å². The lowest BCUT2D eigenvalue weighted by atomic mass is 10.3. The molecule has 1 aromatic heterocycles. The van der Waals surface area contributed by atoms with Gasteiger partial charge >= 0.3 is 6.03 Å². The lowest BCUT2D eigenvalue weighted by Gasteiger charge is -1.99. The zero-order valence-electron chi connectivity index (χ0n) is 7.26. The summed E-state index contributed by atoms with van der Waals surface area (Å²) >= 11 is 0. The van der Waals surface area contributed by atoms with Crippen molar-refractivity contribution in [3.8, 4) is 0 Å². The van der Waals surface area contributed by atoms with Crippen LogP contribution in [-0.2, 0) is 0 Å². The molecule has 0 bridgehead atoms. The fourth-order valence-corrected chi connectivity index (χ4v) is 0.704. The number of amides is 2. The van der Waals surface area contributed by atoms with E-state index in [0.717, 1.165) is 5.56 Å². The van der Waals surface area contributed by atoms with Crippen LogP contribution in [0.2, 0.25) is 0 Å². The highest BCUT2D eigenvalue weighted by molar-refractivity contribution is 5.88. The Bertz CT molecular complexity index is 293. The van der Waals surface area contributed by atoms with Gasteiger partial charge in [0, 0.05) is 12.6 Å². The van der Waals surface area contributed by atoms with E-state index in [1.165, 1.54) is 7.05 Å². The van der Waals surface area contributed by atoms with Crippen molar-refractivity contribution in [1.29, 1.82) is 0 Å². The van der Waals surface area contributed by atoms with Crippen molar-refractivity contribution in [3.05, 3.63) is 11.3 Å². The molecular weight excluding hydrogens is 158 g/mol. The minimum Gasteiger partial charge on any atom is -0.359 e. The van der Waals surface area contributed by atoms with Gasteiger partial charge in [-0.05, 0) is 13.8 Å². The van der Waals surface area contributed by atoms with Crippen molar-refractivity contribution < 1.29 is 9.32 Å². The topological polar surface area (TPSA) is 67.2 Å². The number of nitrogens with zero attached hydrogens (tertiary/aromatic N) is 1. The molecule has 0 aliphatic heterocycles. The third kappa shape index (κ3) is 1.55. The average molecular weight is 169 g/mol. The third-order valence-electron chi connectivity index (χ3n) is 1.62. The highest BCUT2D eigenvalue weighted by atomic mass is 16.5. The quantitative estimate of drug-likeness (QED) is 0.660. The Morgan fingerprint density at radius 1 is 1.50 bits per heavy atom. The first kappa shape index (κ1) is 8.58. The molecule has 1 rings (SSSR count). The maximum absolute atomic E-state index is 10.8. The van der Waals surface area contributed by atoms with E-state index in [4.69, 9.17) is 4.52 Å². The van der Waals surface area contributed by atoms with Crippen molar-refractivity contribution in [2.45, 2.75) is 13.8 Å². The van der Waals surface area contributed by atoms with Crippen molar-refractivity contribution in [2.75, 3.05) is 12.4 Å². The molecule has 0 aliphatic carbocycles. The SMILES string of the molecule is CNC(=O)Nc1noc(C)c1C. The molecule has 12 heavy (non-hydrogen) atoms. The van der Waals surface area contributed by atoms with Gasteiger partial charge in [-0.1, -0.05) is 5.16 Å². The molecule has 0 radical (unpaired) electrons. The van der Waals surface area contributed by atoms with Crippen LogP contribution in [0.1, 0.15) is 11.3 Å². The van der Waals surface area contributed by atoms with Crippen LogP contribution >= 0.6 is 0 Å². The van der Waals surface area contributed by atoms with Crippen molar-refractivity contribution >= 4 is 11.8 Å². The molecule has 1 aromatic rings. The van der Waals surface area contributed by atoms with Gasteiger partial charge in [0.05, 0.1) is 0 Å². The molecule has 2 amide bonds. The lowest BCUT2D eigenvalue weighted by molar-refractivity contribution is 0.253. The van der Waals surface area contributed by atoms with Gasteiger partial charge in [-0.25, -0.2) is 4.79 Å². The molecule has 2 N–H and O–H groups in total. The van der Waals surface area contributed by atoms with Crippen molar-refractivity contribution in [2.24, 2.45) is 0 Å². The molecular formula is C7H11N3O2. The first-order valence-electron chi connectivity index (χ1n) is 3.56. The van der Waals surface area contributed by atoms with Crippen molar-refractivity contribution in [1.82, 2.24) is 10.5 Å². The Balaban J connectivity index is 2.76. The summed E-state index contributed by atoms with van der Waals surface area (Å²) in [6, 6.07) is -0.300. The number of hydrogen-bond donors (Lipinski definition) is 2. The Labute approximate surface area is 70.1 Å². The van der Waals surface area contributed by atoms with Crippen molar-refractivity contribution in [3.63, 3.8) is 0 Å². The highest BCUT2D eigenvalue weighted by Crippen LogP contribution is 2.15. The summed E-state index contributed by atoms with van der Waals surface area (Å²) in [4.78, 5) is 10.8. The smallest absolute Gasteiger partial charge is 0.320 e. The minimum absolute atomic E-state index is 0.300. The average Bonchev–Trinajstić information content (AvgIpc) is 2.36. The zero-order valence-corrected chi connectivity index (χ0v) is 7.26. The maximum atomic E-state index is 10.8. The van der Waals surface area contributed by atoms with Crippen LogP contribution in [0.25, 0.3) is 0 Å². The summed E-state index contributed by atoms with van der Waals surface area (Å²) in [7, 11) is 1.54. The van der Waals surface area contributed by atoms with Crippen LogP contribution in [0.5, 0.6) is 0 Å². The lowest BCUT2D eigenvalue weighted by Crippen LogP contribution is -2.24. The normalized spacial score (nSPS) is 9.58. The molecule has 0 atom stereocenters. The molecule has 0 fully saturated rings. The predicted octanol–water partition coefficient (Wildman–Crippen LogP) is 1.04. The number of hydrogen-bond acceptors (Lipinski definition) is 3. The van der Waals surface area contributed by atoms with Gasteiger partial charge in [-0.2, -0.15) is 0 Å². The van der Waals surface area contributed by atoms with E-state index in [1.54, 1.807) is 6.92 Å². The Morgan fingerprint density at radius 3 is 2.58 bits per heavy atom. The molecule has 0 aliphatic rings. The molecule has 5 heteroatoms. The van der Waals surface area contributed by atoms with E-state index in [9.17, 15) is 4.79 Å². The molecule has 0 spiro atoms. The second-order valence-corrected chi connectivity index (χ2v) is 2.42. The number of aromatic nitrogens is 1. The molecule has 1 heterocycles. The number of urea groups is 1. The monoisotopic (exact) mass is 169 g/mol. The molecule has 0 unspecified atom stereocenters. The van der Waals surface area contributed by atoms with E-state index in [0.29, 0.717) is 11.6 Å². The van der Waals surface area contributed by atoms with E-state index >= 15 is 0 Å². The van der Waals surface area contributed by atoms with Crippen LogP contribution in [-0.4, -0.2) is 18.2 Å². The van der Waals surface area contributed by atoms with E-state index in [-0.39, 0.29) is 6.03 Å². The summed E-state index contributed by atoms with van der Waals surface area (Å²) in [5.41, 5.74) is 0.846. The number of carbonyl (C=O) groups is 1. The van der Waals surface area contributed by atoms with Crippen LogP contribution in [0.4, 0.5) is 10.6 Å². The highest BCUT2D eigenvalue weighted by Gasteiger charge is 2.09. The van der Waals surface area contributed by atoms with Gasteiger partial charge in [-0.15, -0.1) is 0 Å². The Morgan fingerprint density at radius 2 is 2.17 bits per heavy atom. The largest absolute Gasteiger partial charge is 0.359 e. The van der Waals surface area contributed by atoms with Gasteiger partial charge in [0.25, 0.3) is 0 Å². The van der Waals surface area contributed by atoms with Gasteiger partial charge in [0.1, 0.15) is 5.76 Å². The molecule has 5 nitrogen and oxygen atoms in total. The second kappa shape index (κ2) is 3.25. The summed E-state index contributed by atoms with van der Waals surface area (Å²) in [6.07, 6.45) is 0. The summed E-state index contributed by atoms with van der Waals surface area (Å²) < 4.78 is 4.85. The third-order valence-corrected chi connectivity index (χ3v) is 1.62. The molecule has 0 saturated heterocycles. The summed E-state index contributed by atoms with van der Waals surface area (Å²) in [5, 5.41) is 8.60. The Kier molecular flexibility index (Phi) is 2.32. The minimum atomic E-state index is -0.300. The van der Waals surface area contributed by atoms with Gasteiger partial charge < -0.3 is 9.84 Å². The van der Waals surface area contributed by atoms with Crippen LogP contribution in [0.3, 0.4) is 0 Å². The predicted molar refractivity (Wildman–Crippen MR) is 44.1 cm³/mol. The van der Waals surface area contributed by atoms with Gasteiger partial charge in [0.2, 0.25) is 0 Å².